The normalized spacial score (nSPS) is 17.7. The third-order valence-electron chi connectivity index (χ3n) is 5.70. The van der Waals surface area contributed by atoms with Crippen molar-refractivity contribution in [3.63, 3.8) is 0 Å². The number of rotatable bonds is 12. The Balaban J connectivity index is 1.65. The maximum Gasteiger partial charge on any atom is 0.326 e. The summed E-state index contributed by atoms with van der Waals surface area (Å²) in [4.78, 5) is 57.1. The molecule has 0 saturated carbocycles. The summed E-state index contributed by atoms with van der Waals surface area (Å²) >= 11 is 4.17. The van der Waals surface area contributed by atoms with E-state index in [0.717, 1.165) is 18.5 Å². The van der Waals surface area contributed by atoms with Crippen molar-refractivity contribution in [2.24, 2.45) is 0 Å². The molecule has 0 bridgehead atoms. The lowest BCUT2D eigenvalue weighted by Crippen LogP contribution is -2.58. The SMILES string of the molecule is O=C(O)C(Cc1ccccc1)NC(=O)C(CS)NC(=O)C(Cc1cnc[nH]1)NC(=O)C1CCCN1. The van der Waals surface area contributed by atoms with Crippen LogP contribution in [0.4, 0.5) is 0 Å². The molecule has 35 heavy (non-hydrogen) atoms. The van der Waals surface area contributed by atoms with Crippen LogP contribution in [0.15, 0.2) is 42.9 Å². The van der Waals surface area contributed by atoms with Gasteiger partial charge in [-0.3, -0.25) is 14.4 Å². The lowest BCUT2D eigenvalue weighted by molar-refractivity contribution is -0.142. The number of hydrogen-bond acceptors (Lipinski definition) is 7. The minimum absolute atomic E-state index is 0.0653. The van der Waals surface area contributed by atoms with Crippen LogP contribution in [0.25, 0.3) is 0 Å². The Morgan fingerprint density at radius 3 is 2.34 bits per heavy atom. The van der Waals surface area contributed by atoms with Crippen LogP contribution in [0.2, 0.25) is 0 Å². The Bertz CT molecular complexity index is 997. The van der Waals surface area contributed by atoms with Gasteiger partial charge in [-0.1, -0.05) is 30.3 Å². The smallest absolute Gasteiger partial charge is 0.326 e. The number of H-pyrrole nitrogens is 1. The number of hydrogen-bond donors (Lipinski definition) is 7. The number of amides is 3. The lowest BCUT2D eigenvalue weighted by atomic mass is 10.1. The van der Waals surface area contributed by atoms with Crippen molar-refractivity contribution in [3.8, 4) is 0 Å². The van der Waals surface area contributed by atoms with Crippen molar-refractivity contribution >= 4 is 36.3 Å². The van der Waals surface area contributed by atoms with E-state index in [1.54, 1.807) is 30.5 Å². The number of carbonyl (C=O) groups excluding carboxylic acids is 3. The van der Waals surface area contributed by atoms with Gasteiger partial charge in [-0.05, 0) is 24.9 Å². The summed E-state index contributed by atoms with van der Waals surface area (Å²) in [5.41, 5.74) is 1.38. The summed E-state index contributed by atoms with van der Waals surface area (Å²) in [5.74, 6) is -2.83. The maximum absolute atomic E-state index is 13.1. The monoisotopic (exact) mass is 502 g/mol. The number of carboxylic acids is 1. The van der Waals surface area contributed by atoms with E-state index in [4.69, 9.17) is 0 Å². The molecular weight excluding hydrogens is 472 g/mol. The highest BCUT2D eigenvalue weighted by molar-refractivity contribution is 7.80. The van der Waals surface area contributed by atoms with E-state index in [9.17, 15) is 24.3 Å². The molecule has 11 nitrogen and oxygen atoms in total. The average molecular weight is 503 g/mol. The van der Waals surface area contributed by atoms with E-state index < -0.39 is 35.9 Å². The molecule has 0 spiro atoms. The van der Waals surface area contributed by atoms with E-state index in [2.05, 4.69) is 43.9 Å². The second kappa shape index (κ2) is 12.9. The first-order valence-electron chi connectivity index (χ1n) is 11.4. The Kier molecular flexibility index (Phi) is 9.67. The highest BCUT2D eigenvalue weighted by Crippen LogP contribution is 2.08. The molecule has 1 fully saturated rings. The van der Waals surface area contributed by atoms with Crippen LogP contribution in [-0.2, 0) is 32.0 Å². The third kappa shape index (κ3) is 7.82. The number of benzene rings is 1. The number of carbonyl (C=O) groups is 4. The molecule has 0 aliphatic carbocycles. The fraction of sp³-hybridized carbons (Fsp3) is 0.435. The minimum atomic E-state index is -1.19. The van der Waals surface area contributed by atoms with Gasteiger partial charge in [0.2, 0.25) is 17.7 Å². The molecule has 3 rings (SSSR count). The molecule has 2 aromatic rings. The zero-order valence-electron chi connectivity index (χ0n) is 19.1. The van der Waals surface area contributed by atoms with Crippen LogP contribution in [0.1, 0.15) is 24.1 Å². The zero-order chi connectivity index (χ0) is 25.2. The Morgan fingerprint density at radius 2 is 1.74 bits per heavy atom. The third-order valence-corrected chi connectivity index (χ3v) is 6.07. The molecule has 1 aliphatic heterocycles. The van der Waals surface area contributed by atoms with E-state index >= 15 is 0 Å². The summed E-state index contributed by atoms with van der Waals surface area (Å²) in [6.07, 6.45) is 4.77. The molecule has 4 atom stereocenters. The first-order valence-corrected chi connectivity index (χ1v) is 12.0. The predicted molar refractivity (Wildman–Crippen MR) is 131 cm³/mol. The van der Waals surface area contributed by atoms with Crippen molar-refractivity contribution in [3.05, 3.63) is 54.1 Å². The minimum Gasteiger partial charge on any atom is -0.480 e. The summed E-state index contributed by atoms with van der Waals surface area (Å²) in [5, 5.41) is 20.5. The summed E-state index contributed by atoms with van der Waals surface area (Å²) in [6, 6.07) is 5.26. The number of aromatic nitrogens is 2. The van der Waals surface area contributed by atoms with Crippen molar-refractivity contribution in [2.75, 3.05) is 12.3 Å². The summed E-state index contributed by atoms with van der Waals surface area (Å²) in [7, 11) is 0. The van der Waals surface area contributed by atoms with Crippen molar-refractivity contribution in [1.82, 2.24) is 31.2 Å². The van der Waals surface area contributed by atoms with Gasteiger partial charge in [0.1, 0.15) is 18.1 Å². The molecule has 6 N–H and O–H groups in total. The van der Waals surface area contributed by atoms with Crippen molar-refractivity contribution < 1.29 is 24.3 Å². The average Bonchev–Trinajstić information content (AvgIpc) is 3.56. The van der Waals surface area contributed by atoms with Gasteiger partial charge in [0.15, 0.2) is 0 Å². The van der Waals surface area contributed by atoms with E-state index in [1.807, 2.05) is 6.07 Å². The molecule has 188 valence electrons. The highest BCUT2D eigenvalue weighted by atomic mass is 32.1. The number of nitrogens with one attached hydrogen (secondary N) is 5. The fourth-order valence-electron chi connectivity index (χ4n) is 3.79. The van der Waals surface area contributed by atoms with E-state index in [-0.39, 0.29) is 30.5 Å². The number of thiol groups is 1. The summed E-state index contributed by atoms with van der Waals surface area (Å²) < 4.78 is 0. The number of nitrogens with zero attached hydrogens (tertiary/aromatic N) is 1. The van der Waals surface area contributed by atoms with Gasteiger partial charge in [-0.2, -0.15) is 12.6 Å². The zero-order valence-corrected chi connectivity index (χ0v) is 20.0. The van der Waals surface area contributed by atoms with Gasteiger partial charge in [-0.15, -0.1) is 0 Å². The predicted octanol–water partition coefficient (Wildman–Crippen LogP) is -0.584. The first kappa shape index (κ1) is 26.2. The highest BCUT2D eigenvalue weighted by Gasteiger charge is 2.31. The molecule has 4 unspecified atom stereocenters. The van der Waals surface area contributed by atoms with Gasteiger partial charge in [0, 0.05) is 30.5 Å². The van der Waals surface area contributed by atoms with Gasteiger partial charge in [-0.25, -0.2) is 9.78 Å². The second-order valence-electron chi connectivity index (χ2n) is 8.32. The van der Waals surface area contributed by atoms with Crippen LogP contribution in [0.5, 0.6) is 0 Å². The quantitative estimate of drug-likeness (QED) is 0.191. The molecular formula is C23H30N6O5S. The molecule has 2 heterocycles. The van der Waals surface area contributed by atoms with Gasteiger partial charge in [0.05, 0.1) is 12.4 Å². The van der Waals surface area contributed by atoms with E-state index in [1.165, 1.54) is 6.33 Å². The Labute approximate surface area is 208 Å². The largest absolute Gasteiger partial charge is 0.480 e. The number of aliphatic carboxylic acids is 1. The standard InChI is InChI=1S/C23H30N6O5S/c30-20(16-7-4-8-25-16)27-17(10-15-11-24-13-26-15)21(31)29-19(12-35)22(32)28-18(23(33)34)9-14-5-2-1-3-6-14/h1-3,5-6,11,13,16-19,25,35H,4,7-10,12H2,(H,24,26)(H,27,30)(H,28,32)(H,29,31)(H,33,34). The van der Waals surface area contributed by atoms with E-state index in [0.29, 0.717) is 12.1 Å². The van der Waals surface area contributed by atoms with Crippen LogP contribution >= 0.6 is 12.6 Å². The maximum atomic E-state index is 13.1. The molecule has 1 aromatic carbocycles. The second-order valence-corrected chi connectivity index (χ2v) is 8.69. The van der Waals surface area contributed by atoms with Gasteiger partial charge < -0.3 is 31.4 Å². The molecule has 1 aromatic heterocycles. The van der Waals surface area contributed by atoms with Crippen LogP contribution < -0.4 is 21.3 Å². The number of aromatic amines is 1. The first-order chi connectivity index (χ1) is 16.9. The lowest BCUT2D eigenvalue weighted by Gasteiger charge is -2.24. The fourth-order valence-corrected chi connectivity index (χ4v) is 4.05. The van der Waals surface area contributed by atoms with Crippen LogP contribution in [-0.4, -0.2) is 75.2 Å². The summed E-state index contributed by atoms with van der Waals surface area (Å²) in [6.45, 7) is 0.727. The number of imidazole rings is 1. The molecule has 0 radical (unpaired) electrons. The van der Waals surface area contributed by atoms with Gasteiger partial charge in [0.25, 0.3) is 0 Å². The number of carboxylic acid groups (broad SMARTS) is 1. The Hall–Kier alpha value is -3.38. The topological polar surface area (TPSA) is 165 Å². The van der Waals surface area contributed by atoms with Crippen molar-refractivity contribution in [1.29, 1.82) is 0 Å². The van der Waals surface area contributed by atoms with Crippen molar-refractivity contribution in [2.45, 2.75) is 49.9 Å². The van der Waals surface area contributed by atoms with Gasteiger partial charge >= 0.3 is 5.97 Å². The molecule has 12 heteroatoms. The molecule has 3 amide bonds. The molecule has 1 aliphatic rings. The van der Waals surface area contributed by atoms with Crippen LogP contribution in [0.3, 0.4) is 0 Å². The van der Waals surface area contributed by atoms with Crippen LogP contribution in [0, 0.1) is 0 Å². The molecule has 1 saturated heterocycles. The Morgan fingerprint density at radius 1 is 1.03 bits per heavy atom.